The standard InChI is InChI=1S/C26H35N3O4/c1-4-29(26(31)28-25-18(2)8-7-9-19(25)3)14-12-20(13-15-29)27-16-21(30)24-17-32-22-10-5-6-11-23(22)33-24/h5-11,20-21,24,27,30H,4,12-17H2,1-3H3/p+1. The number of amides is 2. The molecule has 1 fully saturated rings. The van der Waals surface area contributed by atoms with Crippen LogP contribution in [0.2, 0.25) is 0 Å². The zero-order valence-electron chi connectivity index (χ0n) is 19.8. The van der Waals surface area contributed by atoms with Crippen LogP contribution in [0, 0.1) is 13.8 Å². The number of benzene rings is 2. The van der Waals surface area contributed by atoms with Crippen LogP contribution in [0.15, 0.2) is 42.5 Å². The second-order valence-corrected chi connectivity index (χ2v) is 9.27. The first-order valence-electron chi connectivity index (χ1n) is 12.0. The molecule has 2 amide bonds. The summed E-state index contributed by atoms with van der Waals surface area (Å²) in [6.45, 7) is 9.22. The molecule has 0 aliphatic carbocycles. The third-order valence-electron chi connectivity index (χ3n) is 7.14. The van der Waals surface area contributed by atoms with Crippen molar-refractivity contribution in [1.29, 1.82) is 0 Å². The summed E-state index contributed by atoms with van der Waals surface area (Å²) < 4.78 is 12.1. The Hall–Kier alpha value is -2.61. The van der Waals surface area contributed by atoms with Gasteiger partial charge in [0.05, 0.1) is 25.3 Å². The second-order valence-electron chi connectivity index (χ2n) is 9.27. The van der Waals surface area contributed by atoms with Crippen LogP contribution in [-0.4, -0.2) is 66.7 Å². The van der Waals surface area contributed by atoms with Crippen LogP contribution in [0.3, 0.4) is 0 Å². The Morgan fingerprint density at radius 1 is 1.09 bits per heavy atom. The highest BCUT2D eigenvalue weighted by Gasteiger charge is 2.40. The van der Waals surface area contributed by atoms with Crippen LogP contribution in [0.4, 0.5) is 10.5 Å². The summed E-state index contributed by atoms with van der Waals surface area (Å²) in [4.78, 5) is 13.3. The predicted octanol–water partition coefficient (Wildman–Crippen LogP) is 3.62. The fraction of sp³-hybridized carbons (Fsp3) is 0.500. The number of aryl methyl sites for hydroxylation is 2. The zero-order chi connectivity index (χ0) is 23.4. The first-order chi connectivity index (χ1) is 15.9. The third-order valence-corrected chi connectivity index (χ3v) is 7.14. The maximum atomic E-state index is 13.3. The first kappa shape index (κ1) is 23.5. The van der Waals surface area contributed by atoms with Crippen molar-refractivity contribution >= 4 is 11.7 Å². The van der Waals surface area contributed by atoms with E-state index in [1.165, 1.54) is 0 Å². The number of piperidine rings is 1. The summed E-state index contributed by atoms with van der Waals surface area (Å²) in [6.07, 6.45) is 0.694. The fourth-order valence-corrected chi connectivity index (χ4v) is 4.81. The van der Waals surface area contributed by atoms with Crippen LogP contribution in [-0.2, 0) is 0 Å². The smallest absolute Gasteiger partial charge is 0.421 e. The van der Waals surface area contributed by atoms with Gasteiger partial charge in [-0.2, -0.15) is 0 Å². The molecule has 0 aromatic heterocycles. The lowest BCUT2D eigenvalue weighted by Crippen LogP contribution is -2.61. The number of aliphatic hydroxyl groups excluding tert-OH is 1. The lowest BCUT2D eigenvalue weighted by atomic mass is 10.0. The molecule has 2 atom stereocenters. The highest BCUT2D eigenvalue weighted by atomic mass is 16.6. The van der Waals surface area contributed by atoms with E-state index in [1.54, 1.807) is 0 Å². The Morgan fingerprint density at radius 3 is 2.42 bits per heavy atom. The van der Waals surface area contributed by atoms with Crippen molar-refractivity contribution in [3.63, 3.8) is 0 Å². The van der Waals surface area contributed by atoms with Gasteiger partial charge in [-0.15, -0.1) is 0 Å². The van der Waals surface area contributed by atoms with E-state index in [9.17, 15) is 9.90 Å². The maximum Gasteiger partial charge on any atom is 0.421 e. The lowest BCUT2D eigenvalue weighted by molar-refractivity contribution is -0.851. The number of nitrogens with zero attached hydrogens (tertiary/aromatic N) is 1. The molecule has 2 aliphatic rings. The number of carbonyl (C=O) groups excluding carboxylic acids is 1. The van der Waals surface area contributed by atoms with Gasteiger partial charge in [0.15, 0.2) is 17.6 Å². The summed E-state index contributed by atoms with van der Waals surface area (Å²) >= 11 is 0. The number of likely N-dealkylation sites (tertiary alicyclic amines) is 1. The molecule has 2 aromatic rings. The van der Waals surface area contributed by atoms with E-state index in [-0.39, 0.29) is 12.1 Å². The van der Waals surface area contributed by atoms with E-state index in [1.807, 2.05) is 56.3 Å². The molecule has 2 aliphatic heterocycles. The van der Waals surface area contributed by atoms with Crippen molar-refractivity contribution in [1.82, 2.24) is 5.32 Å². The van der Waals surface area contributed by atoms with Gasteiger partial charge < -0.3 is 19.9 Å². The number of hydrogen-bond acceptors (Lipinski definition) is 5. The Morgan fingerprint density at radius 2 is 1.76 bits per heavy atom. The molecule has 2 aromatic carbocycles. The fourth-order valence-electron chi connectivity index (χ4n) is 4.81. The van der Waals surface area contributed by atoms with Crippen LogP contribution in [0.5, 0.6) is 11.5 Å². The van der Waals surface area contributed by atoms with E-state index in [2.05, 4.69) is 17.6 Å². The molecular weight excluding hydrogens is 418 g/mol. The van der Waals surface area contributed by atoms with Gasteiger partial charge in [0.1, 0.15) is 12.7 Å². The highest BCUT2D eigenvalue weighted by Crippen LogP contribution is 2.31. The minimum Gasteiger partial charge on any atom is -0.486 e. The van der Waals surface area contributed by atoms with Crippen molar-refractivity contribution < 1.29 is 23.9 Å². The number of para-hydroxylation sites is 3. The van der Waals surface area contributed by atoms with Gasteiger partial charge in [-0.05, 0) is 44.0 Å². The molecule has 0 spiro atoms. The summed E-state index contributed by atoms with van der Waals surface area (Å²) in [5, 5.41) is 17.3. The van der Waals surface area contributed by atoms with Crippen molar-refractivity contribution in [3.05, 3.63) is 53.6 Å². The van der Waals surface area contributed by atoms with Crippen LogP contribution in [0.25, 0.3) is 0 Å². The van der Waals surface area contributed by atoms with E-state index in [4.69, 9.17) is 9.47 Å². The maximum absolute atomic E-state index is 13.3. The van der Waals surface area contributed by atoms with E-state index in [0.717, 1.165) is 49.3 Å². The van der Waals surface area contributed by atoms with Crippen LogP contribution < -0.4 is 20.1 Å². The van der Waals surface area contributed by atoms with Gasteiger partial charge in [0, 0.05) is 25.4 Å². The quantitative estimate of drug-likeness (QED) is 0.581. The normalized spacial score (nSPS) is 25.3. The number of urea groups is 1. The van der Waals surface area contributed by atoms with Gasteiger partial charge >= 0.3 is 6.03 Å². The molecule has 1 saturated heterocycles. The molecule has 2 unspecified atom stereocenters. The monoisotopic (exact) mass is 454 g/mol. The van der Waals surface area contributed by atoms with Gasteiger partial charge in [-0.3, -0.25) is 5.32 Å². The Bertz CT molecular complexity index is 952. The molecule has 7 heteroatoms. The van der Waals surface area contributed by atoms with Crippen LogP contribution in [0.1, 0.15) is 30.9 Å². The summed E-state index contributed by atoms with van der Waals surface area (Å²) in [5.74, 6) is 1.39. The largest absolute Gasteiger partial charge is 0.486 e. The number of quaternary nitrogens is 1. The minimum atomic E-state index is -0.668. The molecule has 2 heterocycles. The van der Waals surface area contributed by atoms with Crippen LogP contribution >= 0.6 is 0 Å². The van der Waals surface area contributed by atoms with Gasteiger partial charge in [-0.25, -0.2) is 9.28 Å². The number of fused-ring (bicyclic) bond motifs is 1. The number of carbonyl (C=O) groups is 1. The van der Waals surface area contributed by atoms with Gasteiger partial charge in [0.25, 0.3) is 0 Å². The number of aliphatic hydroxyl groups is 1. The van der Waals surface area contributed by atoms with Gasteiger partial charge in [-0.1, -0.05) is 30.3 Å². The molecule has 7 nitrogen and oxygen atoms in total. The Balaban J connectivity index is 1.28. The van der Waals surface area contributed by atoms with Crippen molar-refractivity contribution in [3.8, 4) is 11.5 Å². The van der Waals surface area contributed by atoms with Gasteiger partial charge in [0.2, 0.25) is 0 Å². The molecule has 178 valence electrons. The second kappa shape index (κ2) is 10.1. The first-order valence-corrected chi connectivity index (χ1v) is 12.0. The topological polar surface area (TPSA) is 79.8 Å². The molecule has 3 N–H and O–H groups in total. The molecule has 0 radical (unpaired) electrons. The predicted molar refractivity (Wildman–Crippen MR) is 129 cm³/mol. The average molecular weight is 455 g/mol. The van der Waals surface area contributed by atoms with E-state index < -0.39 is 12.2 Å². The zero-order valence-corrected chi connectivity index (χ0v) is 19.8. The molecule has 0 bridgehead atoms. The molecule has 33 heavy (non-hydrogen) atoms. The van der Waals surface area contributed by atoms with E-state index in [0.29, 0.717) is 29.1 Å². The van der Waals surface area contributed by atoms with E-state index >= 15 is 0 Å². The average Bonchev–Trinajstić information content (AvgIpc) is 2.84. The van der Waals surface area contributed by atoms with Crippen molar-refractivity contribution in [2.45, 2.75) is 51.9 Å². The highest BCUT2D eigenvalue weighted by molar-refractivity contribution is 5.86. The lowest BCUT2D eigenvalue weighted by Gasteiger charge is -2.41. The Kier molecular flexibility index (Phi) is 7.22. The summed E-state index contributed by atoms with van der Waals surface area (Å²) in [5.41, 5.74) is 3.09. The SMILES string of the molecule is CC[N+]1(C(=O)Nc2c(C)cccc2C)CCC(NCC(O)C2COc3ccccc3O2)CC1. The minimum absolute atomic E-state index is 0.0693. The Labute approximate surface area is 196 Å². The molecule has 0 saturated carbocycles. The molecular formula is C26H36N3O4+. The number of rotatable bonds is 6. The summed E-state index contributed by atoms with van der Waals surface area (Å²) in [7, 11) is 0. The molecule has 4 rings (SSSR count). The number of anilines is 1. The number of ether oxygens (including phenoxy) is 2. The number of nitrogens with one attached hydrogen (secondary N) is 2. The van der Waals surface area contributed by atoms with Crippen molar-refractivity contribution in [2.75, 3.05) is 38.1 Å². The summed E-state index contributed by atoms with van der Waals surface area (Å²) in [6, 6.07) is 13.9. The third kappa shape index (κ3) is 5.16. The van der Waals surface area contributed by atoms with Crippen molar-refractivity contribution in [2.24, 2.45) is 0 Å². The number of hydrogen-bond donors (Lipinski definition) is 3.